The summed E-state index contributed by atoms with van der Waals surface area (Å²) in [5.74, 6) is 3.57. The Morgan fingerprint density at radius 2 is 2.24 bits per heavy atom. The van der Waals surface area contributed by atoms with Crippen molar-refractivity contribution in [3.63, 3.8) is 0 Å². The molecule has 1 aromatic rings. The number of nitrogens with zero attached hydrogens (tertiary/aromatic N) is 2. The van der Waals surface area contributed by atoms with Crippen LogP contribution in [0.2, 0.25) is 5.02 Å². The third-order valence-electron chi connectivity index (χ3n) is 4.24. The Morgan fingerprint density at radius 1 is 1.52 bits per heavy atom. The molecule has 0 aromatic carbocycles. The largest absolute Gasteiger partial charge is 0.376 e. The molecule has 0 spiro atoms. The van der Waals surface area contributed by atoms with E-state index in [0.717, 1.165) is 6.42 Å². The van der Waals surface area contributed by atoms with Crippen molar-refractivity contribution >= 4 is 17.3 Å². The first-order valence-electron chi connectivity index (χ1n) is 7.50. The van der Waals surface area contributed by atoms with Gasteiger partial charge in [-0.3, -0.25) is 4.79 Å². The van der Waals surface area contributed by atoms with Crippen LogP contribution in [0.25, 0.3) is 0 Å². The standard InChI is InChI=1S/C16H22ClN3O/c1-4-9-20-16(21)15(13(17)10-18-20)19-14-8-6-5-7-12(14)11(2)3/h1,10-12,14,19H,5-9H2,2-3H3. The van der Waals surface area contributed by atoms with Gasteiger partial charge >= 0.3 is 0 Å². The van der Waals surface area contributed by atoms with Crippen LogP contribution in [-0.2, 0) is 6.54 Å². The monoisotopic (exact) mass is 307 g/mol. The number of hydrogen-bond acceptors (Lipinski definition) is 3. The van der Waals surface area contributed by atoms with Crippen LogP contribution in [-0.4, -0.2) is 15.8 Å². The van der Waals surface area contributed by atoms with E-state index in [-0.39, 0.29) is 18.1 Å². The normalized spacial score (nSPS) is 22.0. The second kappa shape index (κ2) is 7.00. The van der Waals surface area contributed by atoms with Crippen LogP contribution in [0.4, 0.5) is 5.69 Å². The molecular weight excluding hydrogens is 286 g/mol. The lowest BCUT2D eigenvalue weighted by Gasteiger charge is -2.35. The van der Waals surface area contributed by atoms with Crippen molar-refractivity contribution in [2.45, 2.75) is 52.1 Å². The van der Waals surface area contributed by atoms with E-state index in [1.807, 2.05) is 0 Å². The molecule has 2 rings (SSSR count). The predicted molar refractivity (Wildman–Crippen MR) is 86.5 cm³/mol. The predicted octanol–water partition coefficient (Wildman–Crippen LogP) is 3.16. The Balaban J connectivity index is 2.28. The van der Waals surface area contributed by atoms with E-state index < -0.39 is 0 Å². The van der Waals surface area contributed by atoms with E-state index in [2.05, 4.69) is 30.2 Å². The maximum atomic E-state index is 12.4. The highest BCUT2D eigenvalue weighted by Crippen LogP contribution is 2.32. The van der Waals surface area contributed by atoms with Crippen LogP contribution in [0.1, 0.15) is 39.5 Å². The highest BCUT2D eigenvalue weighted by Gasteiger charge is 2.28. The van der Waals surface area contributed by atoms with Crippen LogP contribution in [0, 0.1) is 24.2 Å². The van der Waals surface area contributed by atoms with Gasteiger partial charge in [-0.2, -0.15) is 5.10 Å². The molecule has 1 heterocycles. The molecule has 1 aliphatic rings. The zero-order valence-electron chi connectivity index (χ0n) is 12.6. The minimum Gasteiger partial charge on any atom is -0.376 e. The summed E-state index contributed by atoms with van der Waals surface area (Å²) in [6.45, 7) is 4.62. The highest BCUT2D eigenvalue weighted by atomic mass is 35.5. The van der Waals surface area contributed by atoms with E-state index in [1.165, 1.54) is 30.1 Å². The van der Waals surface area contributed by atoms with Gasteiger partial charge in [-0.25, -0.2) is 4.68 Å². The van der Waals surface area contributed by atoms with Crippen molar-refractivity contribution in [2.75, 3.05) is 5.32 Å². The molecule has 0 aliphatic heterocycles. The average molecular weight is 308 g/mol. The summed E-state index contributed by atoms with van der Waals surface area (Å²) in [7, 11) is 0. The summed E-state index contributed by atoms with van der Waals surface area (Å²) in [4.78, 5) is 12.4. The first kappa shape index (κ1) is 15.9. The molecule has 0 saturated heterocycles. The van der Waals surface area contributed by atoms with Gasteiger partial charge < -0.3 is 5.32 Å². The first-order valence-corrected chi connectivity index (χ1v) is 7.88. The molecule has 2 unspecified atom stereocenters. The van der Waals surface area contributed by atoms with Gasteiger partial charge in [0, 0.05) is 6.04 Å². The number of nitrogens with one attached hydrogen (secondary N) is 1. The van der Waals surface area contributed by atoms with E-state index in [9.17, 15) is 4.79 Å². The number of halogens is 1. The van der Waals surface area contributed by atoms with Gasteiger partial charge in [0.2, 0.25) is 0 Å². The van der Waals surface area contributed by atoms with E-state index in [4.69, 9.17) is 18.0 Å². The third-order valence-corrected chi connectivity index (χ3v) is 4.53. The lowest BCUT2D eigenvalue weighted by Crippen LogP contribution is -2.38. The number of hydrogen-bond donors (Lipinski definition) is 1. The molecule has 1 aromatic heterocycles. The third kappa shape index (κ3) is 3.59. The first-order chi connectivity index (χ1) is 10.0. The van der Waals surface area contributed by atoms with E-state index in [1.54, 1.807) is 0 Å². The number of anilines is 1. The molecule has 21 heavy (non-hydrogen) atoms. The molecule has 0 bridgehead atoms. The number of terminal acetylenes is 1. The summed E-state index contributed by atoms with van der Waals surface area (Å²) in [6, 6.07) is 0.283. The van der Waals surface area contributed by atoms with Crippen LogP contribution in [0.5, 0.6) is 0 Å². The minimum atomic E-state index is -0.242. The van der Waals surface area contributed by atoms with Crippen LogP contribution in [0.15, 0.2) is 11.0 Å². The fourth-order valence-corrected chi connectivity index (χ4v) is 3.30. The van der Waals surface area contributed by atoms with Crippen molar-refractivity contribution < 1.29 is 0 Å². The Bertz CT molecular complexity index is 588. The summed E-state index contributed by atoms with van der Waals surface area (Å²) in [6.07, 6.45) is 11.4. The zero-order chi connectivity index (χ0) is 15.4. The van der Waals surface area contributed by atoms with E-state index in [0.29, 0.717) is 22.5 Å². The average Bonchev–Trinajstić information content (AvgIpc) is 2.47. The van der Waals surface area contributed by atoms with Crippen molar-refractivity contribution in [1.29, 1.82) is 0 Å². The SMILES string of the molecule is C#CCn1ncc(Cl)c(NC2CCCCC2C(C)C)c1=O. The molecule has 4 nitrogen and oxygen atoms in total. The summed E-state index contributed by atoms with van der Waals surface area (Å²) >= 11 is 6.16. The number of aromatic nitrogens is 2. The Hall–Kier alpha value is -1.47. The molecule has 1 N–H and O–H groups in total. The van der Waals surface area contributed by atoms with Gasteiger partial charge in [-0.1, -0.05) is 44.2 Å². The molecule has 1 aliphatic carbocycles. The number of rotatable bonds is 4. The highest BCUT2D eigenvalue weighted by molar-refractivity contribution is 6.33. The molecular formula is C16H22ClN3O. The maximum absolute atomic E-state index is 12.4. The van der Waals surface area contributed by atoms with Gasteiger partial charge in [0.25, 0.3) is 5.56 Å². The van der Waals surface area contributed by atoms with Gasteiger partial charge in [-0.05, 0) is 24.7 Å². The van der Waals surface area contributed by atoms with Crippen LogP contribution < -0.4 is 10.9 Å². The Labute approximate surface area is 130 Å². The molecule has 0 radical (unpaired) electrons. The second-order valence-electron chi connectivity index (χ2n) is 5.98. The molecule has 114 valence electrons. The van der Waals surface area contributed by atoms with Crippen molar-refractivity contribution in [3.05, 3.63) is 21.6 Å². The smallest absolute Gasteiger partial charge is 0.292 e. The van der Waals surface area contributed by atoms with Crippen molar-refractivity contribution in [1.82, 2.24) is 9.78 Å². The van der Waals surface area contributed by atoms with Crippen LogP contribution >= 0.6 is 11.6 Å². The summed E-state index contributed by atoms with van der Waals surface area (Å²) in [5, 5.41) is 7.70. The van der Waals surface area contributed by atoms with Crippen LogP contribution in [0.3, 0.4) is 0 Å². The molecule has 0 amide bonds. The van der Waals surface area contributed by atoms with Crippen molar-refractivity contribution in [3.8, 4) is 12.3 Å². The molecule has 5 heteroatoms. The van der Waals surface area contributed by atoms with Gasteiger partial charge in [-0.15, -0.1) is 6.42 Å². The maximum Gasteiger partial charge on any atom is 0.292 e. The van der Waals surface area contributed by atoms with Gasteiger partial charge in [0.05, 0.1) is 11.2 Å². The quantitative estimate of drug-likeness (QED) is 0.869. The summed E-state index contributed by atoms with van der Waals surface area (Å²) < 4.78 is 1.27. The fraction of sp³-hybridized carbons (Fsp3) is 0.625. The zero-order valence-corrected chi connectivity index (χ0v) is 13.4. The molecule has 2 atom stereocenters. The van der Waals surface area contributed by atoms with E-state index >= 15 is 0 Å². The summed E-state index contributed by atoms with van der Waals surface area (Å²) in [5.41, 5.74) is 0.188. The lowest BCUT2D eigenvalue weighted by atomic mass is 9.78. The Morgan fingerprint density at radius 3 is 2.90 bits per heavy atom. The molecule has 1 fully saturated rings. The topological polar surface area (TPSA) is 46.9 Å². The van der Waals surface area contributed by atoms with Gasteiger partial charge in [0.1, 0.15) is 12.2 Å². The lowest BCUT2D eigenvalue weighted by molar-refractivity contribution is 0.253. The fourth-order valence-electron chi connectivity index (χ4n) is 3.12. The minimum absolute atomic E-state index is 0.156. The van der Waals surface area contributed by atoms with Gasteiger partial charge in [0.15, 0.2) is 0 Å². The Kier molecular flexibility index (Phi) is 5.30. The van der Waals surface area contributed by atoms with Crippen molar-refractivity contribution in [2.24, 2.45) is 11.8 Å². The molecule has 1 saturated carbocycles. The second-order valence-corrected chi connectivity index (χ2v) is 6.38.